The van der Waals surface area contributed by atoms with Crippen LogP contribution in [0.2, 0.25) is 0 Å². The van der Waals surface area contributed by atoms with E-state index in [-0.39, 0.29) is 6.09 Å². The van der Waals surface area contributed by atoms with E-state index in [1.165, 1.54) is 12.8 Å². The quantitative estimate of drug-likeness (QED) is 0.804. The third-order valence-corrected chi connectivity index (χ3v) is 4.27. The average Bonchev–Trinajstić information content (AvgIpc) is 2.59. The van der Waals surface area contributed by atoms with Crippen LogP contribution in [0, 0.1) is 11.3 Å². The molecule has 0 aromatic carbocycles. The number of amides is 1. The van der Waals surface area contributed by atoms with Gasteiger partial charge in [-0.25, -0.2) is 4.79 Å². The van der Waals surface area contributed by atoms with E-state index < -0.39 is 5.60 Å². The van der Waals surface area contributed by atoms with Crippen molar-refractivity contribution >= 4 is 6.09 Å². The topological polar surface area (TPSA) is 41.6 Å². The van der Waals surface area contributed by atoms with Crippen molar-refractivity contribution in [1.82, 2.24) is 10.2 Å². The molecule has 22 heavy (non-hydrogen) atoms. The molecule has 0 bridgehead atoms. The molecule has 1 saturated carbocycles. The van der Waals surface area contributed by atoms with E-state index in [2.05, 4.69) is 33.0 Å². The number of nitrogens with one attached hydrogen (secondary N) is 1. The second-order valence-electron chi connectivity index (χ2n) is 8.58. The van der Waals surface area contributed by atoms with E-state index >= 15 is 0 Å². The van der Waals surface area contributed by atoms with Crippen LogP contribution in [0.3, 0.4) is 0 Å². The number of hydrogen-bond acceptors (Lipinski definition) is 3. The van der Waals surface area contributed by atoms with Gasteiger partial charge >= 0.3 is 6.09 Å². The van der Waals surface area contributed by atoms with Gasteiger partial charge in [-0.3, -0.25) is 0 Å². The average molecular weight is 312 g/mol. The Morgan fingerprint density at radius 1 is 1.27 bits per heavy atom. The van der Waals surface area contributed by atoms with Gasteiger partial charge in [0.05, 0.1) is 0 Å². The fraction of sp³-hybridized carbons (Fsp3) is 0.944. The van der Waals surface area contributed by atoms with E-state index in [1.807, 2.05) is 25.7 Å². The van der Waals surface area contributed by atoms with Gasteiger partial charge in [0.1, 0.15) is 5.60 Å². The molecule has 1 rings (SSSR count). The van der Waals surface area contributed by atoms with Gasteiger partial charge in [-0.2, -0.15) is 0 Å². The molecule has 1 amide bonds. The molecule has 1 aliphatic rings. The van der Waals surface area contributed by atoms with Gasteiger partial charge in [-0.15, -0.1) is 0 Å². The van der Waals surface area contributed by atoms with Crippen molar-refractivity contribution in [2.24, 2.45) is 11.3 Å². The third-order valence-electron chi connectivity index (χ3n) is 4.27. The minimum absolute atomic E-state index is 0.198. The Balaban J connectivity index is 2.43. The normalized spacial score (nSPS) is 24.3. The Labute approximate surface area is 137 Å². The van der Waals surface area contributed by atoms with E-state index in [9.17, 15) is 4.79 Å². The molecule has 0 saturated heterocycles. The summed E-state index contributed by atoms with van der Waals surface area (Å²) in [5, 5.41) is 3.64. The second-order valence-corrected chi connectivity index (χ2v) is 8.58. The first kappa shape index (κ1) is 19.3. The van der Waals surface area contributed by atoms with Crippen LogP contribution in [0.4, 0.5) is 4.79 Å². The minimum atomic E-state index is -0.430. The summed E-state index contributed by atoms with van der Waals surface area (Å²) in [6.07, 6.45) is 3.24. The molecule has 0 aromatic rings. The molecular weight excluding hydrogens is 276 g/mol. The van der Waals surface area contributed by atoms with Gasteiger partial charge in [0.2, 0.25) is 0 Å². The molecule has 130 valence electrons. The summed E-state index contributed by atoms with van der Waals surface area (Å²) in [5.74, 6) is 0.705. The molecule has 4 nitrogen and oxygen atoms in total. The van der Waals surface area contributed by atoms with E-state index in [1.54, 1.807) is 0 Å². The standard InChI is InChI=1S/C18H36N2O2/c1-8-10-20(16(21)22-17(3,4)5)11-9-19-15-13-18(6,7)12-14(15)2/h14-15,19H,8-13H2,1-7H3. The summed E-state index contributed by atoms with van der Waals surface area (Å²) in [4.78, 5) is 14.0. The molecule has 0 aromatic heterocycles. The summed E-state index contributed by atoms with van der Waals surface area (Å²) in [6, 6.07) is 0.567. The maximum absolute atomic E-state index is 12.2. The number of hydrogen-bond donors (Lipinski definition) is 1. The zero-order valence-corrected chi connectivity index (χ0v) is 15.7. The zero-order valence-electron chi connectivity index (χ0n) is 15.7. The highest BCUT2D eigenvalue weighted by Crippen LogP contribution is 2.40. The van der Waals surface area contributed by atoms with Crippen molar-refractivity contribution < 1.29 is 9.53 Å². The van der Waals surface area contributed by atoms with Crippen LogP contribution in [-0.2, 0) is 4.74 Å². The molecule has 0 radical (unpaired) electrons. The van der Waals surface area contributed by atoms with Crippen LogP contribution < -0.4 is 5.32 Å². The molecule has 0 spiro atoms. The first-order valence-electron chi connectivity index (χ1n) is 8.75. The number of carbonyl (C=O) groups is 1. The third kappa shape index (κ3) is 6.55. The Hall–Kier alpha value is -0.770. The minimum Gasteiger partial charge on any atom is -0.444 e. The van der Waals surface area contributed by atoms with Crippen molar-refractivity contribution in [2.75, 3.05) is 19.6 Å². The molecule has 0 aliphatic heterocycles. The lowest BCUT2D eigenvalue weighted by Crippen LogP contribution is -2.43. The lowest BCUT2D eigenvalue weighted by Gasteiger charge is -2.28. The fourth-order valence-electron chi connectivity index (χ4n) is 3.44. The van der Waals surface area contributed by atoms with Crippen LogP contribution >= 0.6 is 0 Å². The molecule has 4 heteroatoms. The van der Waals surface area contributed by atoms with Crippen molar-refractivity contribution in [3.8, 4) is 0 Å². The lowest BCUT2D eigenvalue weighted by molar-refractivity contribution is 0.0250. The number of carbonyl (C=O) groups excluding carboxylic acids is 1. The van der Waals surface area contributed by atoms with Gasteiger partial charge in [0.15, 0.2) is 0 Å². The number of ether oxygens (including phenoxy) is 1. The van der Waals surface area contributed by atoms with Crippen molar-refractivity contribution in [1.29, 1.82) is 0 Å². The van der Waals surface area contributed by atoms with Gasteiger partial charge in [-0.1, -0.05) is 27.7 Å². The smallest absolute Gasteiger partial charge is 0.410 e. The summed E-state index contributed by atoms with van der Waals surface area (Å²) < 4.78 is 5.49. The second kappa shape index (κ2) is 7.67. The maximum Gasteiger partial charge on any atom is 0.410 e. The molecule has 1 fully saturated rings. The molecular formula is C18H36N2O2. The summed E-state index contributed by atoms with van der Waals surface area (Å²) in [7, 11) is 0. The highest BCUT2D eigenvalue weighted by molar-refractivity contribution is 5.68. The van der Waals surface area contributed by atoms with Crippen LogP contribution in [0.5, 0.6) is 0 Å². The van der Waals surface area contributed by atoms with Crippen LogP contribution in [-0.4, -0.2) is 42.3 Å². The van der Waals surface area contributed by atoms with Gasteiger partial charge in [0.25, 0.3) is 0 Å². The van der Waals surface area contributed by atoms with E-state index in [0.717, 1.165) is 19.5 Å². The summed E-state index contributed by atoms with van der Waals surface area (Å²) >= 11 is 0. The first-order chi connectivity index (χ1) is 10.0. The SMILES string of the molecule is CCCN(CCNC1CC(C)(C)CC1C)C(=O)OC(C)(C)C. The number of nitrogens with zero attached hydrogens (tertiary/aromatic N) is 1. The van der Waals surface area contributed by atoms with E-state index in [4.69, 9.17) is 4.74 Å². The molecule has 0 heterocycles. The first-order valence-corrected chi connectivity index (χ1v) is 8.75. The highest BCUT2D eigenvalue weighted by Gasteiger charge is 2.36. The van der Waals surface area contributed by atoms with Crippen molar-refractivity contribution in [3.05, 3.63) is 0 Å². The van der Waals surface area contributed by atoms with Crippen LogP contribution in [0.15, 0.2) is 0 Å². The molecule has 2 unspecified atom stereocenters. The van der Waals surface area contributed by atoms with Crippen LogP contribution in [0.1, 0.15) is 67.7 Å². The van der Waals surface area contributed by atoms with Gasteiger partial charge in [-0.05, 0) is 51.4 Å². The molecule has 1 N–H and O–H groups in total. The fourth-order valence-corrected chi connectivity index (χ4v) is 3.44. The van der Waals surface area contributed by atoms with Crippen LogP contribution in [0.25, 0.3) is 0 Å². The molecule has 2 atom stereocenters. The van der Waals surface area contributed by atoms with Gasteiger partial charge < -0.3 is 15.0 Å². The lowest BCUT2D eigenvalue weighted by atomic mass is 9.91. The number of rotatable bonds is 6. The van der Waals surface area contributed by atoms with Crippen molar-refractivity contribution in [3.63, 3.8) is 0 Å². The summed E-state index contributed by atoms with van der Waals surface area (Å²) in [5.41, 5.74) is 0.00580. The summed E-state index contributed by atoms with van der Waals surface area (Å²) in [6.45, 7) is 17.1. The maximum atomic E-state index is 12.2. The Morgan fingerprint density at radius 2 is 1.91 bits per heavy atom. The Kier molecular flexibility index (Phi) is 6.72. The predicted molar refractivity (Wildman–Crippen MR) is 92.1 cm³/mol. The molecule has 1 aliphatic carbocycles. The Morgan fingerprint density at radius 3 is 2.36 bits per heavy atom. The van der Waals surface area contributed by atoms with Gasteiger partial charge in [0, 0.05) is 25.7 Å². The largest absolute Gasteiger partial charge is 0.444 e. The zero-order chi connectivity index (χ0) is 17.0. The van der Waals surface area contributed by atoms with Crippen molar-refractivity contribution in [2.45, 2.75) is 79.4 Å². The van der Waals surface area contributed by atoms with E-state index in [0.29, 0.717) is 23.9 Å². The monoisotopic (exact) mass is 312 g/mol. The highest BCUT2D eigenvalue weighted by atomic mass is 16.6. The predicted octanol–water partition coefficient (Wildman–Crippen LogP) is 4.05. The Bertz CT molecular complexity index is 361.